The number of benzene rings is 1. The van der Waals surface area contributed by atoms with Gasteiger partial charge in [-0.3, -0.25) is 9.69 Å². The number of ether oxygens (including phenoxy) is 1. The first kappa shape index (κ1) is 17.6. The highest BCUT2D eigenvalue weighted by Crippen LogP contribution is 2.27. The van der Waals surface area contributed by atoms with E-state index in [2.05, 4.69) is 4.90 Å². The van der Waals surface area contributed by atoms with Crippen molar-refractivity contribution in [3.63, 3.8) is 0 Å². The van der Waals surface area contributed by atoms with Crippen LogP contribution in [-0.4, -0.2) is 60.1 Å². The molecule has 3 N–H and O–H groups in total. The highest BCUT2D eigenvalue weighted by Gasteiger charge is 2.19. The van der Waals surface area contributed by atoms with Gasteiger partial charge in [-0.1, -0.05) is 6.07 Å². The van der Waals surface area contributed by atoms with Gasteiger partial charge in [-0.05, 0) is 31.0 Å². The summed E-state index contributed by atoms with van der Waals surface area (Å²) in [5.41, 5.74) is 7.31. The van der Waals surface area contributed by atoms with Crippen LogP contribution in [0.4, 0.5) is 5.69 Å². The van der Waals surface area contributed by atoms with Crippen molar-refractivity contribution in [3.8, 4) is 5.75 Å². The smallest absolute Gasteiger partial charge is 0.219 e. The molecular weight excluding hydrogens is 294 g/mol. The minimum Gasteiger partial charge on any atom is -0.492 e. The van der Waals surface area contributed by atoms with E-state index in [1.807, 2.05) is 24.0 Å². The molecule has 1 aromatic carbocycles. The summed E-state index contributed by atoms with van der Waals surface area (Å²) in [6, 6.07) is 5.45. The number of nitrogens with two attached hydrogens (primary N) is 1. The number of carbonyl (C=O) groups excluding carboxylic acids is 1. The molecule has 23 heavy (non-hydrogen) atoms. The lowest BCUT2D eigenvalue weighted by molar-refractivity contribution is -0.130. The summed E-state index contributed by atoms with van der Waals surface area (Å²) in [7, 11) is 0. The molecule has 0 bridgehead atoms. The Morgan fingerprint density at radius 2 is 2.04 bits per heavy atom. The second-order valence-corrected chi connectivity index (χ2v) is 5.88. The fourth-order valence-electron chi connectivity index (χ4n) is 2.82. The molecule has 1 amide bonds. The molecule has 0 saturated carbocycles. The number of aliphatic hydroxyl groups is 1. The van der Waals surface area contributed by atoms with E-state index in [0.717, 1.165) is 38.3 Å². The highest BCUT2D eigenvalue weighted by molar-refractivity contribution is 5.73. The number of hydrogen-bond donors (Lipinski definition) is 2. The first-order chi connectivity index (χ1) is 11.0. The summed E-state index contributed by atoms with van der Waals surface area (Å²) in [5, 5.41) is 10.3. The Hall–Kier alpha value is -1.79. The zero-order chi connectivity index (χ0) is 16.8. The van der Waals surface area contributed by atoms with Crippen molar-refractivity contribution in [1.29, 1.82) is 0 Å². The Bertz CT molecular complexity index is 528. The van der Waals surface area contributed by atoms with Gasteiger partial charge < -0.3 is 20.5 Å². The summed E-state index contributed by atoms with van der Waals surface area (Å²) in [6.07, 6.45) is 0.104. The number of aliphatic hydroxyl groups excluding tert-OH is 1. The molecule has 6 nitrogen and oxygen atoms in total. The maximum Gasteiger partial charge on any atom is 0.219 e. The number of nitrogens with zero attached hydrogens (tertiary/aromatic N) is 2. The molecule has 1 saturated heterocycles. The number of piperazine rings is 1. The number of hydrogen-bond acceptors (Lipinski definition) is 5. The largest absolute Gasteiger partial charge is 0.492 e. The van der Waals surface area contributed by atoms with Crippen LogP contribution < -0.4 is 10.5 Å². The van der Waals surface area contributed by atoms with E-state index in [4.69, 9.17) is 10.5 Å². The van der Waals surface area contributed by atoms with Crippen LogP contribution in [0.3, 0.4) is 0 Å². The molecule has 1 atom stereocenters. The predicted octanol–water partition coefficient (Wildman–Crippen LogP) is 1.26. The van der Waals surface area contributed by atoms with E-state index >= 15 is 0 Å². The van der Waals surface area contributed by atoms with Crippen LogP contribution in [0.1, 0.15) is 31.9 Å². The summed E-state index contributed by atoms with van der Waals surface area (Å²) < 4.78 is 5.41. The Morgan fingerprint density at radius 1 is 1.35 bits per heavy atom. The molecule has 0 aromatic heterocycles. The molecule has 1 aliphatic heterocycles. The summed E-state index contributed by atoms with van der Waals surface area (Å²) in [5.74, 6) is 0.790. The minimum atomic E-state index is -0.543. The lowest BCUT2D eigenvalue weighted by Crippen LogP contribution is -2.48. The topological polar surface area (TPSA) is 79.0 Å². The van der Waals surface area contributed by atoms with Crippen LogP contribution >= 0.6 is 0 Å². The van der Waals surface area contributed by atoms with Crippen LogP contribution in [-0.2, 0) is 4.79 Å². The van der Waals surface area contributed by atoms with Gasteiger partial charge in [0.1, 0.15) is 5.75 Å². The van der Waals surface area contributed by atoms with Crippen LogP contribution in [0.5, 0.6) is 5.75 Å². The monoisotopic (exact) mass is 321 g/mol. The van der Waals surface area contributed by atoms with Gasteiger partial charge in [0.05, 0.1) is 18.4 Å². The Balaban J connectivity index is 1.82. The third kappa shape index (κ3) is 4.84. The Labute approximate surface area is 137 Å². The van der Waals surface area contributed by atoms with E-state index in [0.29, 0.717) is 24.5 Å². The number of carbonyl (C=O) groups is 1. The fourth-order valence-corrected chi connectivity index (χ4v) is 2.82. The van der Waals surface area contributed by atoms with Crippen molar-refractivity contribution in [3.05, 3.63) is 23.8 Å². The third-order valence-corrected chi connectivity index (χ3v) is 4.25. The first-order valence-electron chi connectivity index (χ1n) is 8.19. The number of rotatable bonds is 6. The summed E-state index contributed by atoms with van der Waals surface area (Å²) >= 11 is 0. The van der Waals surface area contributed by atoms with Crippen LogP contribution in [0.15, 0.2) is 18.2 Å². The van der Waals surface area contributed by atoms with Gasteiger partial charge in [0.2, 0.25) is 5.91 Å². The highest BCUT2D eigenvalue weighted by atomic mass is 16.5. The van der Waals surface area contributed by atoms with Crippen molar-refractivity contribution >= 4 is 11.6 Å². The molecule has 1 fully saturated rings. The molecule has 1 unspecified atom stereocenters. The zero-order valence-electron chi connectivity index (χ0n) is 14.0. The lowest BCUT2D eigenvalue weighted by Gasteiger charge is -2.34. The molecule has 6 heteroatoms. The van der Waals surface area contributed by atoms with Gasteiger partial charge in [0.25, 0.3) is 0 Å². The van der Waals surface area contributed by atoms with E-state index in [1.54, 1.807) is 13.0 Å². The molecular formula is C17H27N3O3. The van der Waals surface area contributed by atoms with Crippen molar-refractivity contribution in [2.75, 3.05) is 45.1 Å². The summed E-state index contributed by atoms with van der Waals surface area (Å²) in [6.45, 7) is 8.14. The third-order valence-electron chi connectivity index (χ3n) is 4.25. The molecule has 0 spiro atoms. The van der Waals surface area contributed by atoms with Crippen LogP contribution in [0.2, 0.25) is 0 Å². The van der Waals surface area contributed by atoms with Gasteiger partial charge in [-0.2, -0.15) is 0 Å². The minimum absolute atomic E-state index is 0.134. The van der Waals surface area contributed by atoms with Crippen molar-refractivity contribution < 1.29 is 14.6 Å². The van der Waals surface area contributed by atoms with E-state index in [-0.39, 0.29) is 5.91 Å². The predicted molar refractivity (Wildman–Crippen MR) is 90.3 cm³/mol. The molecule has 128 valence electrons. The van der Waals surface area contributed by atoms with Gasteiger partial charge in [0, 0.05) is 39.6 Å². The van der Waals surface area contributed by atoms with Gasteiger partial charge in [-0.25, -0.2) is 0 Å². The number of anilines is 1. The van der Waals surface area contributed by atoms with E-state index in [9.17, 15) is 9.90 Å². The second kappa shape index (κ2) is 8.17. The SMILES string of the molecule is CCOc1ccc(C(O)CCN2CCN(C(C)=O)CC2)cc1N. The van der Waals surface area contributed by atoms with Crippen LogP contribution in [0, 0.1) is 0 Å². The lowest BCUT2D eigenvalue weighted by atomic mass is 10.0. The van der Waals surface area contributed by atoms with Crippen molar-refractivity contribution in [1.82, 2.24) is 9.80 Å². The maximum atomic E-state index is 11.3. The molecule has 0 aliphatic carbocycles. The van der Waals surface area contributed by atoms with Gasteiger partial charge >= 0.3 is 0 Å². The average molecular weight is 321 g/mol. The molecule has 0 radical (unpaired) electrons. The second-order valence-electron chi connectivity index (χ2n) is 5.88. The molecule has 1 aliphatic rings. The molecule has 2 rings (SSSR count). The van der Waals surface area contributed by atoms with Gasteiger partial charge in [0.15, 0.2) is 0 Å². The van der Waals surface area contributed by atoms with Crippen LogP contribution in [0.25, 0.3) is 0 Å². The van der Waals surface area contributed by atoms with Crippen molar-refractivity contribution in [2.24, 2.45) is 0 Å². The first-order valence-corrected chi connectivity index (χ1v) is 8.19. The standard InChI is InChI=1S/C17H27N3O3/c1-3-23-17-5-4-14(12-15(17)18)16(22)6-7-19-8-10-20(11-9-19)13(2)21/h4-5,12,16,22H,3,6-11,18H2,1-2H3. The average Bonchev–Trinajstić information content (AvgIpc) is 2.55. The summed E-state index contributed by atoms with van der Waals surface area (Å²) in [4.78, 5) is 15.4. The zero-order valence-corrected chi connectivity index (χ0v) is 14.0. The quantitative estimate of drug-likeness (QED) is 0.771. The van der Waals surface area contributed by atoms with Crippen molar-refractivity contribution in [2.45, 2.75) is 26.4 Å². The molecule has 1 aromatic rings. The Morgan fingerprint density at radius 3 is 2.61 bits per heavy atom. The number of nitrogen functional groups attached to an aromatic ring is 1. The van der Waals surface area contributed by atoms with E-state index < -0.39 is 6.10 Å². The molecule has 1 heterocycles. The van der Waals surface area contributed by atoms with Gasteiger partial charge in [-0.15, -0.1) is 0 Å². The normalized spacial score (nSPS) is 17.1. The van der Waals surface area contributed by atoms with E-state index in [1.165, 1.54) is 0 Å². The maximum absolute atomic E-state index is 11.3. The number of amides is 1. The fraction of sp³-hybridized carbons (Fsp3) is 0.588. The Kier molecular flexibility index (Phi) is 6.24.